The average Bonchev–Trinajstić information content (AvgIpc) is 3.07. The third kappa shape index (κ3) is 4.74. The molecule has 0 saturated heterocycles. The van der Waals surface area contributed by atoms with Crippen LogP contribution in [0.2, 0.25) is 10.0 Å². The van der Waals surface area contributed by atoms with Crippen molar-refractivity contribution in [2.24, 2.45) is 5.92 Å². The molecule has 0 aliphatic heterocycles. The zero-order chi connectivity index (χ0) is 17.8. The van der Waals surface area contributed by atoms with E-state index >= 15 is 0 Å². The number of allylic oxidation sites excluding steroid dienone is 2. The highest BCUT2D eigenvalue weighted by atomic mass is 35.5. The number of nitrogens with one attached hydrogen (secondary N) is 1. The Kier molecular flexibility index (Phi) is 5.61. The van der Waals surface area contributed by atoms with Gasteiger partial charge in [-0.15, -0.1) is 0 Å². The summed E-state index contributed by atoms with van der Waals surface area (Å²) in [6.07, 6.45) is 8.35. The van der Waals surface area contributed by atoms with Crippen molar-refractivity contribution < 1.29 is 4.79 Å². The van der Waals surface area contributed by atoms with Crippen LogP contribution in [0.1, 0.15) is 24.8 Å². The first-order chi connectivity index (χ1) is 12.0. The van der Waals surface area contributed by atoms with Crippen molar-refractivity contribution >= 4 is 34.8 Å². The van der Waals surface area contributed by atoms with Crippen LogP contribution in [0.25, 0.3) is 0 Å². The van der Waals surface area contributed by atoms with Gasteiger partial charge in [0.15, 0.2) is 0 Å². The van der Waals surface area contributed by atoms with Gasteiger partial charge in [-0.2, -0.15) is 0 Å². The molecular formula is C19H18Cl2N2O2. The smallest absolute Gasteiger partial charge is 0.250 e. The molecule has 6 heteroatoms. The number of amides is 1. The first kappa shape index (κ1) is 17.8. The highest BCUT2D eigenvalue weighted by Gasteiger charge is 2.14. The highest BCUT2D eigenvalue weighted by molar-refractivity contribution is 6.42. The lowest BCUT2D eigenvalue weighted by atomic mass is 10.1. The van der Waals surface area contributed by atoms with Gasteiger partial charge in [0, 0.05) is 18.7 Å². The quantitative estimate of drug-likeness (QED) is 0.781. The normalized spacial score (nSPS) is 16.2. The number of benzene rings is 1. The summed E-state index contributed by atoms with van der Waals surface area (Å²) in [4.78, 5) is 24.2. The van der Waals surface area contributed by atoms with Gasteiger partial charge in [-0.1, -0.05) is 41.4 Å². The van der Waals surface area contributed by atoms with E-state index in [1.54, 1.807) is 24.4 Å². The molecule has 0 saturated carbocycles. The van der Waals surface area contributed by atoms with Crippen LogP contribution in [0.4, 0.5) is 5.69 Å². The topological polar surface area (TPSA) is 51.1 Å². The van der Waals surface area contributed by atoms with E-state index < -0.39 is 0 Å². The van der Waals surface area contributed by atoms with Crippen molar-refractivity contribution in [3.8, 4) is 0 Å². The van der Waals surface area contributed by atoms with Gasteiger partial charge in [-0.3, -0.25) is 9.59 Å². The molecule has 4 nitrogen and oxygen atoms in total. The molecule has 1 N–H and O–H groups in total. The first-order valence-corrected chi connectivity index (χ1v) is 8.88. The van der Waals surface area contributed by atoms with Crippen LogP contribution in [0.3, 0.4) is 0 Å². The third-order valence-corrected chi connectivity index (χ3v) is 4.90. The summed E-state index contributed by atoms with van der Waals surface area (Å²) in [6, 6.07) is 8.32. The van der Waals surface area contributed by atoms with Crippen molar-refractivity contribution in [1.82, 2.24) is 4.57 Å². The van der Waals surface area contributed by atoms with Crippen molar-refractivity contribution in [2.45, 2.75) is 25.8 Å². The zero-order valence-electron chi connectivity index (χ0n) is 13.5. The van der Waals surface area contributed by atoms with E-state index in [1.807, 2.05) is 6.07 Å². The molecule has 1 atom stereocenters. The molecule has 0 spiro atoms. The van der Waals surface area contributed by atoms with Crippen LogP contribution in [-0.2, 0) is 11.3 Å². The molecule has 1 heterocycles. The van der Waals surface area contributed by atoms with Crippen LogP contribution < -0.4 is 10.9 Å². The maximum atomic E-state index is 12.1. The predicted molar refractivity (Wildman–Crippen MR) is 101 cm³/mol. The lowest BCUT2D eigenvalue weighted by Gasteiger charge is -2.11. The number of anilines is 1. The molecule has 0 fully saturated rings. The first-order valence-electron chi connectivity index (χ1n) is 8.12. The fourth-order valence-corrected chi connectivity index (χ4v) is 3.20. The second kappa shape index (κ2) is 7.89. The minimum Gasteiger partial charge on any atom is -0.325 e. The van der Waals surface area contributed by atoms with E-state index in [9.17, 15) is 9.59 Å². The maximum absolute atomic E-state index is 12.1. The van der Waals surface area contributed by atoms with Crippen LogP contribution in [0, 0.1) is 5.92 Å². The van der Waals surface area contributed by atoms with E-state index in [-0.39, 0.29) is 11.5 Å². The molecule has 25 heavy (non-hydrogen) atoms. The zero-order valence-corrected chi connectivity index (χ0v) is 15.1. The van der Waals surface area contributed by atoms with Crippen LogP contribution in [0.15, 0.2) is 53.5 Å². The standard InChI is InChI=1S/C19H18Cl2N2O2/c20-16-7-5-14(9-17(16)21)11-23-12-15(6-8-19(23)25)22-18(24)10-13-3-1-2-4-13/h1,3,5-9,12-13H,2,4,10-11H2,(H,22,24). The van der Waals surface area contributed by atoms with Crippen molar-refractivity contribution in [3.63, 3.8) is 0 Å². The summed E-state index contributed by atoms with van der Waals surface area (Å²) >= 11 is 11.9. The fraction of sp³-hybridized carbons (Fsp3) is 0.263. The summed E-state index contributed by atoms with van der Waals surface area (Å²) < 4.78 is 1.53. The minimum atomic E-state index is -0.150. The maximum Gasteiger partial charge on any atom is 0.250 e. The van der Waals surface area contributed by atoms with Crippen LogP contribution in [0.5, 0.6) is 0 Å². The minimum absolute atomic E-state index is 0.0451. The largest absolute Gasteiger partial charge is 0.325 e. The average molecular weight is 377 g/mol. The van der Waals surface area contributed by atoms with Gasteiger partial charge in [-0.25, -0.2) is 0 Å². The number of halogens is 2. The van der Waals surface area contributed by atoms with Gasteiger partial charge in [0.2, 0.25) is 5.91 Å². The van der Waals surface area contributed by atoms with E-state index in [4.69, 9.17) is 23.2 Å². The Morgan fingerprint density at radius 2 is 2.04 bits per heavy atom. The summed E-state index contributed by atoms with van der Waals surface area (Å²) in [5, 5.41) is 3.78. The van der Waals surface area contributed by atoms with E-state index in [0.29, 0.717) is 34.6 Å². The number of nitrogens with zero attached hydrogens (tertiary/aromatic N) is 1. The summed E-state index contributed by atoms with van der Waals surface area (Å²) in [5.41, 5.74) is 1.31. The highest BCUT2D eigenvalue weighted by Crippen LogP contribution is 2.23. The van der Waals surface area contributed by atoms with Crippen molar-refractivity contribution in [3.05, 3.63) is 74.6 Å². The lowest BCUT2D eigenvalue weighted by molar-refractivity contribution is -0.116. The molecule has 0 radical (unpaired) electrons. The Morgan fingerprint density at radius 3 is 2.76 bits per heavy atom. The second-order valence-electron chi connectivity index (χ2n) is 6.15. The van der Waals surface area contributed by atoms with Crippen molar-refractivity contribution in [2.75, 3.05) is 5.32 Å². The summed E-state index contributed by atoms with van der Waals surface area (Å²) in [7, 11) is 0. The lowest BCUT2D eigenvalue weighted by Crippen LogP contribution is -2.21. The van der Waals surface area contributed by atoms with Gasteiger partial charge in [-0.05, 0) is 42.5 Å². The molecule has 1 aromatic carbocycles. The Bertz CT molecular complexity index is 874. The monoisotopic (exact) mass is 376 g/mol. The van der Waals surface area contributed by atoms with E-state index in [1.165, 1.54) is 10.6 Å². The number of carbonyl (C=O) groups excluding carboxylic acids is 1. The van der Waals surface area contributed by atoms with E-state index in [2.05, 4.69) is 17.5 Å². The van der Waals surface area contributed by atoms with Gasteiger partial charge >= 0.3 is 0 Å². The number of carbonyl (C=O) groups is 1. The molecule has 130 valence electrons. The van der Waals surface area contributed by atoms with Gasteiger partial charge in [0.25, 0.3) is 5.56 Å². The molecule has 1 aliphatic rings. The fourth-order valence-electron chi connectivity index (χ4n) is 2.88. The van der Waals surface area contributed by atoms with Crippen LogP contribution >= 0.6 is 23.2 Å². The Balaban J connectivity index is 1.71. The molecular weight excluding hydrogens is 359 g/mol. The van der Waals surface area contributed by atoms with E-state index in [0.717, 1.165) is 18.4 Å². The Labute approximate surface area is 156 Å². The second-order valence-corrected chi connectivity index (χ2v) is 6.96. The summed E-state index contributed by atoms with van der Waals surface area (Å²) in [6.45, 7) is 0.352. The number of pyridine rings is 1. The SMILES string of the molecule is O=C(CC1C=CCC1)Nc1ccc(=O)n(Cc2ccc(Cl)c(Cl)c2)c1. The number of aromatic nitrogens is 1. The third-order valence-electron chi connectivity index (χ3n) is 4.16. The van der Waals surface area contributed by atoms with Crippen molar-refractivity contribution in [1.29, 1.82) is 0 Å². The molecule has 1 aromatic heterocycles. The van der Waals surface area contributed by atoms with Gasteiger partial charge in [0.1, 0.15) is 0 Å². The molecule has 0 bridgehead atoms. The molecule has 3 rings (SSSR count). The molecule has 1 unspecified atom stereocenters. The van der Waals surface area contributed by atoms with Gasteiger partial charge in [0.05, 0.1) is 22.3 Å². The Hall–Kier alpha value is -2.04. The molecule has 2 aromatic rings. The van der Waals surface area contributed by atoms with Gasteiger partial charge < -0.3 is 9.88 Å². The summed E-state index contributed by atoms with van der Waals surface area (Å²) in [5.74, 6) is 0.262. The molecule has 1 aliphatic carbocycles. The number of rotatable bonds is 5. The molecule has 1 amide bonds. The van der Waals surface area contributed by atoms with Crippen LogP contribution in [-0.4, -0.2) is 10.5 Å². The Morgan fingerprint density at radius 1 is 1.20 bits per heavy atom. The number of hydrogen-bond acceptors (Lipinski definition) is 2. The predicted octanol–water partition coefficient (Wildman–Crippen LogP) is 4.50. The number of hydrogen-bond donors (Lipinski definition) is 1.